The van der Waals surface area contributed by atoms with E-state index in [1.165, 1.54) is 12.0 Å². The highest BCUT2D eigenvalue weighted by Gasteiger charge is 2.03. The summed E-state index contributed by atoms with van der Waals surface area (Å²) in [5, 5.41) is 3.43. The molecule has 0 bridgehead atoms. The van der Waals surface area contributed by atoms with Gasteiger partial charge >= 0.3 is 0 Å². The summed E-state index contributed by atoms with van der Waals surface area (Å²) in [6, 6.07) is 14.8. The molecule has 2 heterocycles. The van der Waals surface area contributed by atoms with E-state index in [0.29, 0.717) is 5.92 Å². The molecule has 0 aliphatic carbocycles. The lowest BCUT2D eigenvalue weighted by atomic mass is 9.99. The smallest absolute Gasteiger partial charge is 0.137 e. The van der Waals surface area contributed by atoms with Gasteiger partial charge < -0.3 is 9.72 Å². The van der Waals surface area contributed by atoms with Crippen molar-refractivity contribution in [2.75, 3.05) is 5.32 Å². The maximum atomic E-state index is 4.59. The molecule has 0 aliphatic rings. The van der Waals surface area contributed by atoms with E-state index in [1.54, 1.807) is 0 Å². The SMILES string of the molecule is CCC(C)c1ccc(NCc2cn3ccccc3n2)cc1. The van der Waals surface area contributed by atoms with Crippen LogP contribution in [0.1, 0.15) is 37.4 Å². The van der Waals surface area contributed by atoms with Crippen molar-refractivity contribution in [3.05, 3.63) is 66.1 Å². The zero-order chi connectivity index (χ0) is 14.7. The first-order valence-corrected chi connectivity index (χ1v) is 7.52. The van der Waals surface area contributed by atoms with Crippen molar-refractivity contribution < 1.29 is 0 Å². The molecule has 1 atom stereocenters. The van der Waals surface area contributed by atoms with Crippen LogP contribution >= 0.6 is 0 Å². The molecule has 1 N–H and O–H groups in total. The number of nitrogens with zero attached hydrogens (tertiary/aromatic N) is 2. The summed E-state index contributed by atoms with van der Waals surface area (Å²) in [5.41, 5.74) is 4.57. The van der Waals surface area contributed by atoms with Crippen LogP contribution in [0.4, 0.5) is 5.69 Å². The summed E-state index contributed by atoms with van der Waals surface area (Å²) >= 11 is 0. The number of nitrogens with one attached hydrogen (secondary N) is 1. The van der Waals surface area contributed by atoms with Crippen LogP contribution in [0.3, 0.4) is 0 Å². The van der Waals surface area contributed by atoms with Crippen molar-refractivity contribution in [3.63, 3.8) is 0 Å². The van der Waals surface area contributed by atoms with Crippen molar-refractivity contribution in [3.8, 4) is 0 Å². The van der Waals surface area contributed by atoms with Gasteiger partial charge in [-0.2, -0.15) is 0 Å². The number of benzene rings is 1. The predicted octanol–water partition coefficient (Wildman–Crippen LogP) is 4.46. The van der Waals surface area contributed by atoms with Gasteiger partial charge in [-0.05, 0) is 42.2 Å². The highest BCUT2D eigenvalue weighted by molar-refractivity contribution is 5.46. The van der Waals surface area contributed by atoms with Crippen molar-refractivity contribution in [2.24, 2.45) is 0 Å². The van der Waals surface area contributed by atoms with Gasteiger partial charge in [-0.25, -0.2) is 4.98 Å². The number of rotatable bonds is 5. The molecule has 0 spiro atoms. The Morgan fingerprint density at radius 1 is 1.14 bits per heavy atom. The fourth-order valence-corrected chi connectivity index (χ4v) is 2.43. The van der Waals surface area contributed by atoms with Crippen molar-refractivity contribution in [2.45, 2.75) is 32.7 Å². The van der Waals surface area contributed by atoms with Gasteiger partial charge in [0.1, 0.15) is 5.65 Å². The van der Waals surface area contributed by atoms with E-state index in [0.717, 1.165) is 23.6 Å². The summed E-state index contributed by atoms with van der Waals surface area (Å²) in [6.45, 7) is 5.23. The summed E-state index contributed by atoms with van der Waals surface area (Å²) in [7, 11) is 0. The Balaban J connectivity index is 1.67. The van der Waals surface area contributed by atoms with Gasteiger partial charge in [0.05, 0.1) is 12.2 Å². The second kappa shape index (κ2) is 6.00. The molecule has 0 aliphatic heterocycles. The molecule has 3 aromatic rings. The van der Waals surface area contributed by atoms with Crippen LogP contribution in [0.15, 0.2) is 54.9 Å². The van der Waals surface area contributed by atoms with Gasteiger partial charge in [0, 0.05) is 18.1 Å². The highest BCUT2D eigenvalue weighted by Crippen LogP contribution is 2.20. The normalized spacial score (nSPS) is 12.5. The van der Waals surface area contributed by atoms with Crippen LogP contribution in [0, 0.1) is 0 Å². The Morgan fingerprint density at radius 2 is 1.95 bits per heavy atom. The van der Waals surface area contributed by atoms with E-state index in [4.69, 9.17) is 0 Å². The number of anilines is 1. The lowest BCUT2D eigenvalue weighted by Crippen LogP contribution is -2.00. The molecule has 0 radical (unpaired) electrons. The molecule has 0 amide bonds. The Kier molecular flexibility index (Phi) is 3.91. The average molecular weight is 279 g/mol. The quantitative estimate of drug-likeness (QED) is 0.747. The van der Waals surface area contributed by atoms with Gasteiger partial charge in [-0.15, -0.1) is 0 Å². The second-order valence-electron chi connectivity index (χ2n) is 5.48. The van der Waals surface area contributed by atoms with Crippen LogP contribution < -0.4 is 5.32 Å². The fourth-order valence-electron chi connectivity index (χ4n) is 2.43. The van der Waals surface area contributed by atoms with E-state index >= 15 is 0 Å². The molecule has 3 heteroatoms. The minimum atomic E-state index is 0.623. The topological polar surface area (TPSA) is 29.3 Å². The number of aromatic nitrogens is 2. The molecule has 21 heavy (non-hydrogen) atoms. The van der Waals surface area contributed by atoms with Crippen molar-refractivity contribution in [1.82, 2.24) is 9.38 Å². The first-order chi connectivity index (χ1) is 10.3. The van der Waals surface area contributed by atoms with Crippen LogP contribution in [-0.2, 0) is 6.54 Å². The molecule has 2 aromatic heterocycles. The van der Waals surface area contributed by atoms with Gasteiger partial charge in [-0.3, -0.25) is 0 Å². The third-order valence-electron chi connectivity index (χ3n) is 3.98. The Bertz CT molecular complexity index is 680. The zero-order valence-electron chi connectivity index (χ0n) is 12.6. The van der Waals surface area contributed by atoms with Crippen LogP contribution in [0.2, 0.25) is 0 Å². The fraction of sp³-hybridized carbons (Fsp3) is 0.278. The number of hydrogen-bond acceptors (Lipinski definition) is 2. The summed E-state index contributed by atoms with van der Waals surface area (Å²) in [4.78, 5) is 4.59. The standard InChI is InChI=1S/C18H21N3/c1-3-14(2)15-7-9-16(10-8-15)19-12-17-13-21-11-5-4-6-18(21)20-17/h4-11,13-14,19H,3,12H2,1-2H3. The van der Waals surface area contributed by atoms with E-state index in [1.807, 2.05) is 28.8 Å². The van der Waals surface area contributed by atoms with Crippen LogP contribution in [0.25, 0.3) is 5.65 Å². The van der Waals surface area contributed by atoms with Gasteiger partial charge in [0.25, 0.3) is 0 Å². The lowest BCUT2D eigenvalue weighted by molar-refractivity contribution is 0.734. The summed E-state index contributed by atoms with van der Waals surface area (Å²) < 4.78 is 2.04. The Labute approximate surface area is 125 Å². The monoisotopic (exact) mass is 279 g/mol. The van der Waals surface area contributed by atoms with E-state index in [-0.39, 0.29) is 0 Å². The molecule has 0 fully saturated rings. The number of fused-ring (bicyclic) bond motifs is 1. The third-order valence-corrected chi connectivity index (χ3v) is 3.98. The number of pyridine rings is 1. The van der Waals surface area contributed by atoms with Gasteiger partial charge in [0.15, 0.2) is 0 Å². The first kappa shape index (κ1) is 13.7. The maximum Gasteiger partial charge on any atom is 0.137 e. The van der Waals surface area contributed by atoms with Crippen molar-refractivity contribution >= 4 is 11.3 Å². The van der Waals surface area contributed by atoms with Crippen molar-refractivity contribution in [1.29, 1.82) is 0 Å². The van der Waals surface area contributed by atoms with Crippen LogP contribution in [-0.4, -0.2) is 9.38 Å². The maximum absolute atomic E-state index is 4.59. The van der Waals surface area contributed by atoms with Gasteiger partial charge in [-0.1, -0.05) is 32.0 Å². The number of hydrogen-bond donors (Lipinski definition) is 1. The molecule has 1 aromatic carbocycles. The molecular weight excluding hydrogens is 258 g/mol. The Hall–Kier alpha value is -2.29. The zero-order valence-corrected chi connectivity index (χ0v) is 12.6. The summed E-state index contributed by atoms with van der Waals surface area (Å²) in [5.74, 6) is 0.623. The van der Waals surface area contributed by atoms with E-state index < -0.39 is 0 Å². The van der Waals surface area contributed by atoms with Gasteiger partial charge in [0.2, 0.25) is 0 Å². The molecule has 3 nitrogen and oxygen atoms in total. The molecule has 108 valence electrons. The summed E-state index contributed by atoms with van der Waals surface area (Å²) in [6.07, 6.45) is 5.26. The highest BCUT2D eigenvalue weighted by atomic mass is 15.0. The minimum Gasteiger partial charge on any atom is -0.379 e. The molecule has 0 saturated heterocycles. The third kappa shape index (κ3) is 3.07. The van der Waals surface area contributed by atoms with E-state index in [2.05, 4.69) is 54.6 Å². The molecule has 0 saturated carbocycles. The average Bonchev–Trinajstić information content (AvgIpc) is 2.95. The predicted molar refractivity (Wildman–Crippen MR) is 87.7 cm³/mol. The van der Waals surface area contributed by atoms with Crippen LogP contribution in [0.5, 0.6) is 0 Å². The largest absolute Gasteiger partial charge is 0.379 e. The first-order valence-electron chi connectivity index (χ1n) is 7.52. The molecular formula is C18H21N3. The lowest BCUT2D eigenvalue weighted by Gasteiger charge is -2.10. The molecule has 1 unspecified atom stereocenters. The second-order valence-corrected chi connectivity index (χ2v) is 5.48. The van der Waals surface area contributed by atoms with E-state index in [9.17, 15) is 0 Å². The Morgan fingerprint density at radius 3 is 2.67 bits per heavy atom. The minimum absolute atomic E-state index is 0.623. The molecule has 3 rings (SSSR count). The number of imidazole rings is 1.